The van der Waals surface area contributed by atoms with Crippen molar-refractivity contribution in [3.8, 4) is 0 Å². The molecule has 0 atom stereocenters. The molecule has 1 saturated carbocycles. The highest BCUT2D eigenvalue weighted by atomic mass is 35.5. The van der Waals surface area contributed by atoms with E-state index in [1.54, 1.807) is 6.07 Å². The molecular formula is C15H21ClN2OS. The second-order valence-corrected chi connectivity index (χ2v) is 7.34. The van der Waals surface area contributed by atoms with E-state index in [4.69, 9.17) is 11.6 Å². The van der Waals surface area contributed by atoms with E-state index < -0.39 is 0 Å². The molecule has 0 bridgehead atoms. The Labute approximate surface area is 129 Å². The van der Waals surface area contributed by atoms with Gasteiger partial charge in [-0.25, -0.2) is 4.98 Å². The fraction of sp³-hybridized carbons (Fsp3) is 0.600. The summed E-state index contributed by atoms with van der Waals surface area (Å²) in [5.74, 6) is 0.195. The van der Waals surface area contributed by atoms with Crippen LogP contribution in [-0.2, 0) is 0 Å². The highest BCUT2D eigenvalue weighted by Crippen LogP contribution is 2.42. The van der Waals surface area contributed by atoms with E-state index in [0.717, 1.165) is 12.2 Å². The van der Waals surface area contributed by atoms with Crippen LogP contribution in [0.1, 0.15) is 55.1 Å². The maximum Gasteiger partial charge on any atom is 0.251 e. The first-order chi connectivity index (χ1) is 9.46. The van der Waals surface area contributed by atoms with E-state index in [1.165, 1.54) is 19.3 Å². The molecule has 2 rings (SSSR count). The lowest BCUT2D eigenvalue weighted by atomic mass is 9.84. The largest absolute Gasteiger partial charge is 0.351 e. The summed E-state index contributed by atoms with van der Waals surface area (Å²) in [6, 6.07) is 3.47. The summed E-state index contributed by atoms with van der Waals surface area (Å²) >= 11 is 7.85. The molecule has 20 heavy (non-hydrogen) atoms. The normalized spacial score (nSPS) is 16.9. The van der Waals surface area contributed by atoms with Gasteiger partial charge in [0.2, 0.25) is 0 Å². The molecule has 0 unspecified atom stereocenters. The summed E-state index contributed by atoms with van der Waals surface area (Å²) in [5, 5.41) is 3.42. The average molecular weight is 313 g/mol. The maximum absolute atomic E-state index is 12.3. The lowest BCUT2D eigenvalue weighted by molar-refractivity contribution is 0.0943. The second kappa shape index (κ2) is 6.35. The SMILES string of the molecule is CSC1(CNC(=O)c2cc(Cl)nc(C(C)C)c2)CCC1. The van der Waals surface area contributed by atoms with Crippen LogP contribution < -0.4 is 5.32 Å². The number of nitrogens with one attached hydrogen (secondary N) is 1. The number of thioether (sulfide) groups is 1. The van der Waals surface area contributed by atoms with Crippen LogP contribution in [0, 0.1) is 0 Å². The molecular weight excluding hydrogens is 292 g/mol. The van der Waals surface area contributed by atoms with E-state index in [0.29, 0.717) is 10.7 Å². The molecule has 5 heteroatoms. The Bertz CT molecular complexity index is 495. The third kappa shape index (κ3) is 3.47. The lowest BCUT2D eigenvalue weighted by Gasteiger charge is -2.40. The van der Waals surface area contributed by atoms with Crippen molar-refractivity contribution in [3.05, 3.63) is 28.5 Å². The van der Waals surface area contributed by atoms with Crippen molar-refractivity contribution in [1.29, 1.82) is 0 Å². The third-order valence-corrected chi connectivity index (χ3v) is 5.55. The van der Waals surface area contributed by atoms with E-state index in [9.17, 15) is 4.79 Å². The predicted octanol–water partition coefficient (Wildman–Crippen LogP) is 3.87. The van der Waals surface area contributed by atoms with Crippen molar-refractivity contribution in [2.24, 2.45) is 0 Å². The number of carbonyl (C=O) groups is 1. The predicted molar refractivity (Wildman–Crippen MR) is 85.8 cm³/mol. The molecule has 1 aliphatic rings. The van der Waals surface area contributed by atoms with Gasteiger partial charge in [-0.2, -0.15) is 11.8 Å². The van der Waals surface area contributed by atoms with Crippen LogP contribution in [0.2, 0.25) is 5.15 Å². The topological polar surface area (TPSA) is 42.0 Å². The highest BCUT2D eigenvalue weighted by molar-refractivity contribution is 8.00. The smallest absolute Gasteiger partial charge is 0.251 e. The fourth-order valence-electron chi connectivity index (χ4n) is 2.31. The van der Waals surface area contributed by atoms with Gasteiger partial charge in [0.25, 0.3) is 5.91 Å². The molecule has 0 aliphatic heterocycles. The van der Waals surface area contributed by atoms with E-state index in [-0.39, 0.29) is 16.6 Å². The van der Waals surface area contributed by atoms with Gasteiger partial charge < -0.3 is 5.32 Å². The van der Waals surface area contributed by atoms with Crippen molar-refractivity contribution >= 4 is 29.3 Å². The van der Waals surface area contributed by atoms with Gasteiger partial charge in [0.15, 0.2) is 0 Å². The van der Waals surface area contributed by atoms with Crippen LogP contribution in [-0.4, -0.2) is 28.4 Å². The van der Waals surface area contributed by atoms with Crippen LogP contribution in [0.3, 0.4) is 0 Å². The molecule has 1 heterocycles. The van der Waals surface area contributed by atoms with E-state index >= 15 is 0 Å². The number of pyridine rings is 1. The Balaban J connectivity index is 2.05. The molecule has 1 fully saturated rings. The van der Waals surface area contributed by atoms with Gasteiger partial charge in [-0.15, -0.1) is 0 Å². The summed E-state index contributed by atoms with van der Waals surface area (Å²) in [5.41, 5.74) is 1.45. The Morgan fingerprint density at radius 3 is 2.70 bits per heavy atom. The zero-order valence-electron chi connectivity index (χ0n) is 12.2. The summed E-state index contributed by atoms with van der Waals surface area (Å²) in [7, 11) is 0. The summed E-state index contributed by atoms with van der Waals surface area (Å²) < 4.78 is 0.243. The summed E-state index contributed by atoms with van der Waals surface area (Å²) in [6.45, 7) is 4.80. The van der Waals surface area contributed by atoms with Gasteiger partial charge in [-0.1, -0.05) is 31.9 Å². The molecule has 0 saturated heterocycles. The minimum absolute atomic E-state index is 0.0588. The van der Waals surface area contributed by atoms with Crippen molar-refractivity contribution in [1.82, 2.24) is 10.3 Å². The van der Waals surface area contributed by atoms with Gasteiger partial charge in [0.1, 0.15) is 5.15 Å². The number of halogens is 1. The monoisotopic (exact) mass is 312 g/mol. The number of rotatable bonds is 5. The lowest BCUT2D eigenvalue weighted by Crippen LogP contribution is -2.45. The van der Waals surface area contributed by atoms with Crippen LogP contribution >= 0.6 is 23.4 Å². The molecule has 1 aromatic rings. The van der Waals surface area contributed by atoms with Crippen molar-refractivity contribution in [3.63, 3.8) is 0 Å². The zero-order chi connectivity index (χ0) is 14.8. The molecule has 1 aromatic heterocycles. The van der Waals surface area contributed by atoms with Crippen LogP contribution in [0.5, 0.6) is 0 Å². The first kappa shape index (κ1) is 15.6. The number of aromatic nitrogens is 1. The number of nitrogens with zero attached hydrogens (tertiary/aromatic N) is 1. The Kier molecular flexibility index (Phi) is 4.97. The van der Waals surface area contributed by atoms with Crippen molar-refractivity contribution in [2.75, 3.05) is 12.8 Å². The van der Waals surface area contributed by atoms with Crippen LogP contribution in [0.25, 0.3) is 0 Å². The molecule has 0 spiro atoms. The molecule has 1 aliphatic carbocycles. The molecule has 1 amide bonds. The van der Waals surface area contributed by atoms with E-state index in [2.05, 4.69) is 16.6 Å². The van der Waals surface area contributed by atoms with Crippen LogP contribution in [0.15, 0.2) is 12.1 Å². The maximum atomic E-state index is 12.3. The Morgan fingerprint density at radius 1 is 1.50 bits per heavy atom. The number of hydrogen-bond acceptors (Lipinski definition) is 3. The minimum Gasteiger partial charge on any atom is -0.351 e. The third-order valence-electron chi connectivity index (χ3n) is 3.94. The average Bonchev–Trinajstić information content (AvgIpc) is 2.37. The van der Waals surface area contributed by atoms with Crippen molar-refractivity contribution in [2.45, 2.75) is 43.8 Å². The summed E-state index contributed by atoms with van der Waals surface area (Å²) in [6.07, 6.45) is 5.74. The number of amides is 1. The standard InChI is InChI=1S/C15H21ClN2OS/c1-10(2)12-7-11(8-13(16)18-12)14(19)17-9-15(20-3)5-4-6-15/h7-8,10H,4-6,9H2,1-3H3,(H,17,19). The molecule has 3 nitrogen and oxygen atoms in total. The van der Waals surface area contributed by atoms with E-state index in [1.807, 2.05) is 31.7 Å². The summed E-state index contributed by atoms with van der Waals surface area (Å²) in [4.78, 5) is 16.5. The second-order valence-electron chi connectivity index (χ2n) is 5.68. The zero-order valence-corrected chi connectivity index (χ0v) is 13.8. The van der Waals surface area contributed by atoms with Crippen LogP contribution in [0.4, 0.5) is 0 Å². The fourth-order valence-corrected chi connectivity index (χ4v) is 3.44. The molecule has 1 N–H and O–H groups in total. The quantitative estimate of drug-likeness (QED) is 0.839. The van der Waals surface area contributed by atoms with Crippen molar-refractivity contribution < 1.29 is 4.79 Å². The first-order valence-corrected chi connectivity index (χ1v) is 8.57. The van der Waals surface area contributed by atoms with Gasteiger partial charge in [0, 0.05) is 22.5 Å². The minimum atomic E-state index is -0.0588. The highest BCUT2D eigenvalue weighted by Gasteiger charge is 2.36. The first-order valence-electron chi connectivity index (χ1n) is 6.96. The molecule has 0 aromatic carbocycles. The van der Waals surface area contributed by atoms with Gasteiger partial charge in [-0.05, 0) is 37.1 Å². The number of carbonyl (C=O) groups excluding carboxylic acids is 1. The Morgan fingerprint density at radius 2 is 2.20 bits per heavy atom. The van der Waals surface area contributed by atoms with Gasteiger partial charge >= 0.3 is 0 Å². The Hall–Kier alpha value is -0.740. The van der Waals surface area contributed by atoms with Gasteiger partial charge in [0.05, 0.1) is 0 Å². The molecule has 0 radical (unpaired) electrons. The molecule has 110 valence electrons. The van der Waals surface area contributed by atoms with Gasteiger partial charge in [-0.3, -0.25) is 4.79 Å². The number of hydrogen-bond donors (Lipinski definition) is 1.